The maximum atomic E-state index is 13.2. The van der Waals surface area contributed by atoms with Gasteiger partial charge in [-0.15, -0.1) is 0 Å². The molecule has 1 aliphatic heterocycles. The molecule has 148 valence electrons. The van der Waals surface area contributed by atoms with Gasteiger partial charge in [-0.1, -0.05) is 23.3 Å². The molecule has 1 aliphatic rings. The number of aromatic nitrogens is 5. The Labute approximate surface area is 166 Å². The van der Waals surface area contributed by atoms with Gasteiger partial charge in [0.1, 0.15) is 11.9 Å². The van der Waals surface area contributed by atoms with E-state index in [2.05, 4.69) is 31.1 Å². The molecule has 1 atom stereocenters. The summed E-state index contributed by atoms with van der Waals surface area (Å²) in [6.07, 6.45) is 1.61. The smallest absolute Gasteiger partial charge is 0.257 e. The molecule has 1 aromatic carbocycles. The SMILES string of the molecule is COc1cccc([C@H]2C(C(=O)Nc3ccccn3)=C(C)Nc3nnnn32)c1OC. The minimum atomic E-state index is -0.630. The highest BCUT2D eigenvalue weighted by Gasteiger charge is 2.36. The molecule has 0 unspecified atom stereocenters. The predicted octanol–water partition coefficient (Wildman–Crippen LogP) is 2.01. The number of nitrogens with zero attached hydrogens (tertiary/aromatic N) is 5. The number of hydrogen-bond acceptors (Lipinski definition) is 8. The molecule has 0 saturated heterocycles. The summed E-state index contributed by atoms with van der Waals surface area (Å²) >= 11 is 0. The zero-order valence-corrected chi connectivity index (χ0v) is 16.1. The highest BCUT2D eigenvalue weighted by atomic mass is 16.5. The Morgan fingerprint density at radius 2 is 2.03 bits per heavy atom. The number of carbonyl (C=O) groups excluding carboxylic acids is 1. The second-order valence-electron chi connectivity index (χ2n) is 6.27. The van der Waals surface area contributed by atoms with Crippen molar-refractivity contribution in [2.24, 2.45) is 0 Å². The van der Waals surface area contributed by atoms with Crippen LogP contribution in [-0.4, -0.2) is 45.3 Å². The van der Waals surface area contributed by atoms with Gasteiger partial charge < -0.3 is 20.1 Å². The molecule has 0 fully saturated rings. The van der Waals surface area contributed by atoms with E-state index in [4.69, 9.17) is 9.47 Å². The highest BCUT2D eigenvalue weighted by Crippen LogP contribution is 2.42. The molecule has 0 radical (unpaired) electrons. The highest BCUT2D eigenvalue weighted by molar-refractivity contribution is 6.05. The van der Waals surface area contributed by atoms with Crippen LogP contribution >= 0.6 is 0 Å². The van der Waals surface area contributed by atoms with Gasteiger partial charge in [-0.25, -0.2) is 4.98 Å². The molecule has 0 spiro atoms. The number of anilines is 2. The van der Waals surface area contributed by atoms with E-state index in [1.807, 2.05) is 12.1 Å². The summed E-state index contributed by atoms with van der Waals surface area (Å²) in [5.74, 6) is 1.58. The van der Waals surface area contributed by atoms with Crippen molar-refractivity contribution in [3.8, 4) is 11.5 Å². The van der Waals surface area contributed by atoms with Gasteiger partial charge in [0, 0.05) is 17.5 Å². The Kier molecular flexibility index (Phi) is 4.82. The van der Waals surface area contributed by atoms with E-state index in [0.29, 0.717) is 40.1 Å². The lowest BCUT2D eigenvalue weighted by Crippen LogP contribution is -2.32. The molecule has 2 N–H and O–H groups in total. The number of pyridine rings is 1. The van der Waals surface area contributed by atoms with Crippen molar-refractivity contribution in [1.82, 2.24) is 25.2 Å². The predicted molar refractivity (Wildman–Crippen MR) is 105 cm³/mol. The molecular formula is C19H19N7O3. The first-order valence-corrected chi connectivity index (χ1v) is 8.83. The minimum Gasteiger partial charge on any atom is -0.493 e. The zero-order valence-electron chi connectivity index (χ0n) is 16.1. The third-order valence-electron chi connectivity index (χ3n) is 4.59. The van der Waals surface area contributed by atoms with E-state index >= 15 is 0 Å². The Hall–Kier alpha value is -3.95. The number of fused-ring (bicyclic) bond motifs is 1. The number of benzene rings is 1. The van der Waals surface area contributed by atoms with Gasteiger partial charge in [0.25, 0.3) is 5.91 Å². The molecule has 29 heavy (non-hydrogen) atoms. The van der Waals surface area contributed by atoms with Crippen molar-refractivity contribution in [3.05, 3.63) is 59.4 Å². The standard InChI is InChI=1S/C19H19N7O3/c1-11-15(18(27)22-14-9-4-5-10-20-14)16(26-19(21-11)23-24-25-26)12-7-6-8-13(28-2)17(12)29-3/h4-10,16H,1-3H3,(H,20,22,27)(H,21,23,25)/t16-/m0/s1. The summed E-state index contributed by atoms with van der Waals surface area (Å²) < 4.78 is 12.6. The lowest BCUT2D eigenvalue weighted by atomic mass is 9.94. The van der Waals surface area contributed by atoms with Gasteiger partial charge in [0.05, 0.1) is 19.8 Å². The maximum Gasteiger partial charge on any atom is 0.257 e. The van der Waals surface area contributed by atoms with Crippen molar-refractivity contribution in [3.63, 3.8) is 0 Å². The number of carbonyl (C=O) groups is 1. The van der Waals surface area contributed by atoms with E-state index in [1.54, 1.807) is 51.6 Å². The molecule has 3 aromatic rings. The molecule has 4 rings (SSSR count). The van der Waals surface area contributed by atoms with Crippen molar-refractivity contribution in [2.75, 3.05) is 24.9 Å². The summed E-state index contributed by atoms with van der Waals surface area (Å²) in [6.45, 7) is 1.80. The van der Waals surface area contributed by atoms with Crippen molar-refractivity contribution < 1.29 is 14.3 Å². The Morgan fingerprint density at radius 3 is 2.76 bits per heavy atom. The lowest BCUT2D eigenvalue weighted by Gasteiger charge is -2.29. The maximum absolute atomic E-state index is 13.2. The number of hydrogen-bond donors (Lipinski definition) is 2. The first kappa shape index (κ1) is 18.4. The Morgan fingerprint density at radius 1 is 1.17 bits per heavy atom. The van der Waals surface area contributed by atoms with Gasteiger partial charge in [-0.05, 0) is 35.5 Å². The van der Waals surface area contributed by atoms with E-state index in [9.17, 15) is 4.79 Å². The van der Waals surface area contributed by atoms with E-state index in [1.165, 1.54) is 4.68 Å². The summed E-state index contributed by atoms with van der Waals surface area (Å²) in [6, 6.07) is 10.1. The van der Waals surface area contributed by atoms with E-state index < -0.39 is 6.04 Å². The number of nitrogens with one attached hydrogen (secondary N) is 2. The van der Waals surface area contributed by atoms with Crippen LogP contribution in [0.15, 0.2) is 53.9 Å². The van der Waals surface area contributed by atoms with Crippen LogP contribution in [-0.2, 0) is 4.79 Å². The van der Waals surface area contributed by atoms with Crippen LogP contribution < -0.4 is 20.1 Å². The fourth-order valence-corrected chi connectivity index (χ4v) is 3.34. The second-order valence-corrected chi connectivity index (χ2v) is 6.27. The average Bonchev–Trinajstić information content (AvgIpc) is 3.20. The number of para-hydroxylation sites is 1. The third-order valence-corrected chi connectivity index (χ3v) is 4.59. The van der Waals surface area contributed by atoms with Crippen LogP contribution in [0.3, 0.4) is 0 Å². The normalized spacial score (nSPS) is 15.3. The number of allylic oxidation sites excluding steroid dienone is 1. The number of tetrazole rings is 1. The van der Waals surface area contributed by atoms with Crippen molar-refractivity contribution >= 4 is 17.7 Å². The quantitative estimate of drug-likeness (QED) is 0.676. The fraction of sp³-hybridized carbons (Fsp3) is 0.211. The molecule has 0 saturated carbocycles. The second kappa shape index (κ2) is 7.58. The summed E-state index contributed by atoms with van der Waals surface area (Å²) in [5, 5.41) is 17.7. The van der Waals surface area contributed by atoms with Crippen LogP contribution in [0.5, 0.6) is 11.5 Å². The van der Waals surface area contributed by atoms with Gasteiger partial charge in [0.2, 0.25) is 5.95 Å². The van der Waals surface area contributed by atoms with Crippen LogP contribution in [0.1, 0.15) is 18.5 Å². The van der Waals surface area contributed by atoms with Crippen LogP contribution in [0, 0.1) is 0 Å². The molecular weight excluding hydrogens is 374 g/mol. The first-order valence-electron chi connectivity index (χ1n) is 8.83. The molecule has 0 bridgehead atoms. The van der Waals surface area contributed by atoms with Gasteiger partial charge in [-0.2, -0.15) is 4.68 Å². The van der Waals surface area contributed by atoms with Crippen LogP contribution in [0.4, 0.5) is 11.8 Å². The van der Waals surface area contributed by atoms with E-state index in [-0.39, 0.29) is 5.91 Å². The lowest BCUT2D eigenvalue weighted by molar-refractivity contribution is -0.113. The molecule has 1 amide bonds. The van der Waals surface area contributed by atoms with Gasteiger partial charge >= 0.3 is 0 Å². The van der Waals surface area contributed by atoms with Gasteiger partial charge in [0.15, 0.2) is 11.5 Å². The van der Waals surface area contributed by atoms with Gasteiger partial charge in [-0.3, -0.25) is 4.79 Å². The van der Waals surface area contributed by atoms with Crippen molar-refractivity contribution in [1.29, 1.82) is 0 Å². The zero-order chi connectivity index (χ0) is 20.4. The molecule has 0 aliphatic carbocycles. The summed E-state index contributed by atoms with van der Waals surface area (Å²) in [7, 11) is 3.11. The number of rotatable bonds is 5. The van der Waals surface area contributed by atoms with E-state index in [0.717, 1.165) is 0 Å². The number of amides is 1. The van der Waals surface area contributed by atoms with Crippen LogP contribution in [0.25, 0.3) is 0 Å². The minimum absolute atomic E-state index is 0.329. The monoisotopic (exact) mass is 393 g/mol. The molecule has 3 heterocycles. The Bertz CT molecular complexity index is 1080. The topological polar surface area (TPSA) is 116 Å². The Balaban J connectivity index is 1.84. The first-order chi connectivity index (χ1) is 14.1. The third kappa shape index (κ3) is 3.24. The summed E-state index contributed by atoms with van der Waals surface area (Å²) in [5.41, 5.74) is 1.74. The molecule has 2 aromatic heterocycles. The van der Waals surface area contributed by atoms with Crippen molar-refractivity contribution in [2.45, 2.75) is 13.0 Å². The average molecular weight is 393 g/mol. The largest absolute Gasteiger partial charge is 0.493 e. The summed E-state index contributed by atoms with van der Waals surface area (Å²) in [4.78, 5) is 17.4. The molecule has 10 nitrogen and oxygen atoms in total. The van der Waals surface area contributed by atoms with Crippen LogP contribution in [0.2, 0.25) is 0 Å². The number of ether oxygens (including phenoxy) is 2. The molecule has 10 heteroatoms. The fourth-order valence-electron chi connectivity index (χ4n) is 3.34. The number of methoxy groups -OCH3 is 2.